The lowest BCUT2D eigenvalue weighted by molar-refractivity contribution is -0.141. The van der Waals surface area contributed by atoms with E-state index in [-0.39, 0.29) is 32.6 Å². The molecule has 0 N–H and O–H groups in total. The van der Waals surface area contributed by atoms with Gasteiger partial charge in [-0.15, -0.1) is 0 Å². The molecule has 0 aliphatic heterocycles. The van der Waals surface area contributed by atoms with Gasteiger partial charge in [-0.3, -0.25) is 4.79 Å². The van der Waals surface area contributed by atoms with Gasteiger partial charge >= 0.3 is 6.18 Å². The second kappa shape index (κ2) is 5.83. The molecule has 0 amide bonds. The number of rotatable bonds is 2. The highest BCUT2D eigenvalue weighted by molar-refractivity contribution is 6.48. The van der Waals surface area contributed by atoms with Crippen LogP contribution in [0, 0.1) is 0 Å². The number of carbonyl (C=O) groups excluding carboxylic acids is 1. The number of alkyl halides is 3. The van der Waals surface area contributed by atoms with E-state index in [1.165, 1.54) is 12.1 Å². The number of pyridine rings is 1. The van der Waals surface area contributed by atoms with Gasteiger partial charge in [-0.05, 0) is 29.8 Å². The van der Waals surface area contributed by atoms with Crippen molar-refractivity contribution < 1.29 is 18.0 Å². The molecule has 1 aromatic carbocycles. The Balaban J connectivity index is 2.62. The molecule has 0 fully saturated rings. The van der Waals surface area contributed by atoms with Gasteiger partial charge in [-0.25, -0.2) is 4.98 Å². The van der Waals surface area contributed by atoms with Gasteiger partial charge in [0.15, 0.2) is 6.29 Å². The highest BCUT2D eigenvalue weighted by atomic mass is 35.5. The van der Waals surface area contributed by atoms with E-state index in [2.05, 4.69) is 4.98 Å². The summed E-state index contributed by atoms with van der Waals surface area (Å²) >= 11 is 17.5. The molecule has 1 heterocycles. The fourth-order valence-electron chi connectivity index (χ4n) is 1.68. The Morgan fingerprint density at radius 3 is 2.10 bits per heavy atom. The SMILES string of the molecule is O=Cc1nc(C(F)(F)F)ccc1-c1cc(Cl)c(Cl)c(Cl)c1. The number of aldehydes is 1. The van der Waals surface area contributed by atoms with Crippen LogP contribution in [0.3, 0.4) is 0 Å². The van der Waals surface area contributed by atoms with Gasteiger partial charge in [-0.1, -0.05) is 34.8 Å². The Labute approximate surface area is 132 Å². The lowest BCUT2D eigenvalue weighted by atomic mass is 10.0. The quantitative estimate of drug-likeness (QED) is 0.523. The summed E-state index contributed by atoms with van der Waals surface area (Å²) in [7, 11) is 0. The van der Waals surface area contributed by atoms with Crippen molar-refractivity contribution in [3.05, 3.63) is 50.7 Å². The number of nitrogens with zero attached hydrogens (tertiary/aromatic N) is 1. The summed E-state index contributed by atoms with van der Waals surface area (Å²) in [6, 6.07) is 4.70. The summed E-state index contributed by atoms with van der Waals surface area (Å²) in [5.74, 6) is 0. The summed E-state index contributed by atoms with van der Waals surface area (Å²) in [5, 5.41) is 0.362. The van der Waals surface area contributed by atoms with Crippen LogP contribution in [0.4, 0.5) is 13.2 Å². The maximum absolute atomic E-state index is 12.6. The van der Waals surface area contributed by atoms with Crippen LogP contribution in [0.1, 0.15) is 16.2 Å². The molecular formula is C13H5Cl3F3NO. The normalized spacial score (nSPS) is 11.5. The van der Waals surface area contributed by atoms with Crippen molar-refractivity contribution in [3.8, 4) is 11.1 Å². The van der Waals surface area contributed by atoms with Crippen LogP contribution in [0.5, 0.6) is 0 Å². The standard InChI is InChI=1S/C13H5Cl3F3NO/c14-8-3-6(4-9(15)12(8)16)7-1-2-11(13(17,18)19)20-10(7)5-21/h1-5H. The molecule has 8 heteroatoms. The van der Waals surface area contributed by atoms with Gasteiger partial charge in [0.05, 0.1) is 15.1 Å². The molecule has 21 heavy (non-hydrogen) atoms. The van der Waals surface area contributed by atoms with Crippen LogP contribution in [-0.4, -0.2) is 11.3 Å². The van der Waals surface area contributed by atoms with E-state index in [1.807, 2.05) is 0 Å². The minimum absolute atomic E-state index is 0.120. The number of hydrogen-bond donors (Lipinski definition) is 0. The molecule has 110 valence electrons. The molecule has 0 aliphatic carbocycles. The molecule has 0 atom stereocenters. The minimum atomic E-state index is -4.63. The van der Waals surface area contributed by atoms with E-state index in [9.17, 15) is 18.0 Å². The van der Waals surface area contributed by atoms with Crippen molar-refractivity contribution in [2.75, 3.05) is 0 Å². The number of aromatic nitrogens is 1. The Morgan fingerprint density at radius 1 is 1.05 bits per heavy atom. The lowest BCUT2D eigenvalue weighted by Crippen LogP contribution is -2.09. The second-order valence-corrected chi connectivity index (χ2v) is 5.19. The average molecular weight is 355 g/mol. The molecule has 0 unspecified atom stereocenters. The van der Waals surface area contributed by atoms with E-state index in [0.29, 0.717) is 5.56 Å². The molecule has 0 bridgehead atoms. The lowest BCUT2D eigenvalue weighted by Gasteiger charge is -2.11. The first-order chi connectivity index (χ1) is 9.74. The summed E-state index contributed by atoms with van der Waals surface area (Å²) < 4.78 is 37.7. The van der Waals surface area contributed by atoms with Gasteiger partial charge in [0, 0.05) is 5.56 Å². The van der Waals surface area contributed by atoms with E-state index >= 15 is 0 Å². The molecule has 0 aliphatic rings. The molecule has 0 radical (unpaired) electrons. The van der Waals surface area contributed by atoms with Crippen molar-refractivity contribution in [1.29, 1.82) is 0 Å². The van der Waals surface area contributed by atoms with E-state index in [4.69, 9.17) is 34.8 Å². The molecule has 2 rings (SSSR count). The fourth-order valence-corrected chi connectivity index (χ4v) is 2.27. The zero-order valence-electron chi connectivity index (χ0n) is 10.0. The van der Waals surface area contributed by atoms with Crippen LogP contribution < -0.4 is 0 Å². The number of carbonyl (C=O) groups is 1. The Bertz CT molecular complexity index is 693. The molecule has 0 saturated carbocycles. The van der Waals surface area contributed by atoms with Gasteiger partial charge in [0.25, 0.3) is 0 Å². The minimum Gasteiger partial charge on any atom is -0.296 e. The van der Waals surface area contributed by atoms with Gasteiger partial charge in [0.1, 0.15) is 11.4 Å². The topological polar surface area (TPSA) is 30.0 Å². The first kappa shape index (κ1) is 16.1. The first-order valence-electron chi connectivity index (χ1n) is 5.42. The zero-order valence-corrected chi connectivity index (χ0v) is 12.3. The third kappa shape index (κ3) is 3.31. The van der Waals surface area contributed by atoms with E-state index < -0.39 is 11.9 Å². The average Bonchev–Trinajstić information content (AvgIpc) is 2.42. The summed E-state index contributed by atoms with van der Waals surface area (Å²) in [5.41, 5.74) is -0.991. The van der Waals surface area contributed by atoms with Gasteiger partial charge in [0.2, 0.25) is 0 Å². The van der Waals surface area contributed by atoms with Crippen molar-refractivity contribution >= 4 is 41.1 Å². The molecule has 1 aromatic heterocycles. The van der Waals surface area contributed by atoms with Crippen molar-refractivity contribution in [3.63, 3.8) is 0 Å². The molecule has 2 nitrogen and oxygen atoms in total. The Hall–Kier alpha value is -1.30. The monoisotopic (exact) mass is 353 g/mol. The van der Waals surface area contributed by atoms with Crippen LogP contribution >= 0.6 is 34.8 Å². The van der Waals surface area contributed by atoms with Crippen LogP contribution in [0.2, 0.25) is 15.1 Å². The number of halogens is 6. The maximum atomic E-state index is 12.6. The van der Waals surface area contributed by atoms with Crippen molar-refractivity contribution in [2.45, 2.75) is 6.18 Å². The zero-order chi connectivity index (χ0) is 15.8. The van der Waals surface area contributed by atoms with Crippen molar-refractivity contribution in [1.82, 2.24) is 4.98 Å². The van der Waals surface area contributed by atoms with Gasteiger partial charge < -0.3 is 0 Å². The predicted octanol–water partition coefficient (Wildman–Crippen LogP) is 5.54. The highest BCUT2D eigenvalue weighted by Crippen LogP contribution is 2.36. The second-order valence-electron chi connectivity index (χ2n) is 4.00. The first-order valence-corrected chi connectivity index (χ1v) is 6.55. The maximum Gasteiger partial charge on any atom is 0.433 e. The van der Waals surface area contributed by atoms with E-state index in [0.717, 1.165) is 12.1 Å². The third-order valence-electron chi connectivity index (χ3n) is 2.62. The number of hydrogen-bond acceptors (Lipinski definition) is 2. The fraction of sp³-hybridized carbons (Fsp3) is 0.0769. The number of benzene rings is 1. The van der Waals surface area contributed by atoms with Crippen LogP contribution in [0.15, 0.2) is 24.3 Å². The molecule has 0 saturated heterocycles. The third-order valence-corrected chi connectivity index (χ3v) is 3.82. The van der Waals surface area contributed by atoms with Crippen LogP contribution in [-0.2, 0) is 6.18 Å². The Morgan fingerprint density at radius 2 is 1.62 bits per heavy atom. The molecule has 0 spiro atoms. The molecule has 2 aromatic rings. The van der Waals surface area contributed by atoms with Crippen molar-refractivity contribution in [2.24, 2.45) is 0 Å². The summed E-state index contributed by atoms with van der Waals surface area (Å²) in [4.78, 5) is 14.3. The Kier molecular flexibility index (Phi) is 4.46. The highest BCUT2D eigenvalue weighted by Gasteiger charge is 2.33. The smallest absolute Gasteiger partial charge is 0.296 e. The van der Waals surface area contributed by atoms with Gasteiger partial charge in [-0.2, -0.15) is 13.2 Å². The summed E-state index contributed by atoms with van der Waals surface area (Å²) in [6.07, 6.45) is -4.40. The van der Waals surface area contributed by atoms with Crippen LogP contribution in [0.25, 0.3) is 11.1 Å². The predicted molar refractivity (Wildman–Crippen MR) is 75.1 cm³/mol. The largest absolute Gasteiger partial charge is 0.433 e. The van der Waals surface area contributed by atoms with E-state index in [1.54, 1.807) is 0 Å². The molecular weight excluding hydrogens is 350 g/mol. The summed E-state index contributed by atoms with van der Waals surface area (Å²) in [6.45, 7) is 0.